The fraction of sp³-hybridized carbons (Fsp3) is 0.486. The van der Waals surface area contributed by atoms with E-state index in [0.29, 0.717) is 44.6 Å². The molecule has 3 heterocycles. The zero-order chi connectivity index (χ0) is 30.7. The fourth-order valence-corrected chi connectivity index (χ4v) is 7.21. The van der Waals surface area contributed by atoms with Crippen LogP contribution in [0.25, 0.3) is 11.6 Å². The second-order valence-corrected chi connectivity index (χ2v) is 12.1. The summed E-state index contributed by atoms with van der Waals surface area (Å²) in [6.07, 6.45) is 8.62. The summed E-state index contributed by atoms with van der Waals surface area (Å²) in [6.45, 7) is 6.71. The van der Waals surface area contributed by atoms with Crippen molar-refractivity contribution in [2.24, 2.45) is 17.8 Å². The van der Waals surface area contributed by atoms with E-state index in [-0.39, 0.29) is 42.1 Å². The molecule has 1 aliphatic carbocycles. The molecule has 1 aromatic carbocycles. The molecule has 3 aliphatic rings. The van der Waals surface area contributed by atoms with E-state index in [9.17, 15) is 19.5 Å². The lowest BCUT2D eigenvalue weighted by molar-refractivity contribution is -0.141. The Hall–Kier alpha value is -3.78. The minimum Gasteiger partial charge on any atom is -0.507 e. The number of unbranched alkanes of at least 4 members (excludes halogenated alkanes) is 2. The highest BCUT2D eigenvalue weighted by atomic mass is 16.5. The number of imide groups is 1. The van der Waals surface area contributed by atoms with Crippen LogP contribution in [0.4, 0.5) is 0 Å². The lowest BCUT2D eigenvalue weighted by Gasteiger charge is -2.31. The van der Waals surface area contributed by atoms with Crippen molar-refractivity contribution in [1.82, 2.24) is 9.88 Å². The summed E-state index contributed by atoms with van der Waals surface area (Å²) < 4.78 is 6.41. The molecule has 0 saturated carbocycles. The number of aliphatic carboxylic acids is 1. The first kappa shape index (κ1) is 30.7. The Kier molecular flexibility index (Phi) is 9.45. The van der Waals surface area contributed by atoms with Gasteiger partial charge in [-0.15, -0.1) is 0 Å². The third-order valence-corrected chi connectivity index (χ3v) is 9.32. The topological polar surface area (TPSA) is 117 Å². The first-order valence-electron chi connectivity index (χ1n) is 15.5. The molecule has 0 spiro atoms. The molecule has 0 bridgehead atoms. The van der Waals surface area contributed by atoms with Gasteiger partial charge in [-0.1, -0.05) is 25.0 Å². The highest BCUT2D eigenvalue weighted by Gasteiger charge is 2.56. The maximum absolute atomic E-state index is 13.6. The van der Waals surface area contributed by atoms with Gasteiger partial charge in [0.2, 0.25) is 11.8 Å². The molecule has 2 saturated heterocycles. The molecule has 1 aromatic heterocycles. The fourth-order valence-electron chi connectivity index (χ4n) is 7.21. The zero-order valence-electron chi connectivity index (χ0n) is 25.3. The number of phenols is 1. The van der Waals surface area contributed by atoms with Gasteiger partial charge >= 0.3 is 5.97 Å². The van der Waals surface area contributed by atoms with Crippen molar-refractivity contribution in [2.75, 3.05) is 13.2 Å². The number of fused-ring (bicyclic) bond motifs is 3. The van der Waals surface area contributed by atoms with E-state index in [1.807, 2.05) is 44.2 Å². The van der Waals surface area contributed by atoms with Crippen molar-refractivity contribution >= 4 is 29.4 Å². The Labute approximate surface area is 253 Å². The Balaban J connectivity index is 1.33. The number of amides is 2. The van der Waals surface area contributed by atoms with E-state index >= 15 is 0 Å². The molecule has 2 N–H and O–H groups in total. The van der Waals surface area contributed by atoms with Crippen LogP contribution in [0, 0.1) is 31.6 Å². The number of carbonyl (C=O) groups excluding carboxylic acids is 2. The number of rotatable bonds is 12. The van der Waals surface area contributed by atoms with Crippen molar-refractivity contribution in [2.45, 2.75) is 78.2 Å². The maximum Gasteiger partial charge on any atom is 0.303 e. The lowest BCUT2D eigenvalue weighted by Crippen LogP contribution is -2.34. The standard InChI is InChI=1S/C35H42N2O6/c1-4-24-19-26-32(35(42)37(34(26)41)15-9-5-6-11-30(38)39)27-20-43-29(31(24)27)13-12-25(28-10-7-8-14-36-28)18-23-16-21(2)33(40)22(3)17-23/h7-8,10,14,16-18,26-27,29,32,40H,4-6,9,11-13,15,19-20H2,1-3H3,(H,38,39)/b25-18-/t26-,27+,29-,32-/m1/s1. The SMILES string of the molecule is CCC1=C2[C@@H](CC/C(=C/c3cc(C)c(O)c(C)c3)c3ccccn3)OC[C@@H]2[C@@H]2C(=O)N(CCCCCC(=O)O)C(=O)[C@@H]2C1. The minimum absolute atomic E-state index is 0.0819. The third kappa shape index (κ3) is 6.44. The Bertz CT molecular complexity index is 1420. The number of likely N-dealkylation sites (tertiary alicyclic amines) is 1. The monoisotopic (exact) mass is 586 g/mol. The number of aromatic hydroxyl groups is 1. The third-order valence-electron chi connectivity index (χ3n) is 9.32. The second kappa shape index (κ2) is 13.2. The van der Waals surface area contributed by atoms with Gasteiger partial charge in [0.15, 0.2) is 0 Å². The number of aromatic nitrogens is 1. The summed E-state index contributed by atoms with van der Waals surface area (Å²) in [6, 6.07) is 9.84. The van der Waals surface area contributed by atoms with Crippen LogP contribution >= 0.6 is 0 Å². The number of nitrogens with zero attached hydrogens (tertiary/aromatic N) is 2. The number of aryl methyl sites for hydroxylation is 2. The summed E-state index contributed by atoms with van der Waals surface area (Å²) in [5.41, 5.74) is 7.08. The molecule has 4 atom stereocenters. The van der Waals surface area contributed by atoms with Gasteiger partial charge in [-0.25, -0.2) is 0 Å². The summed E-state index contributed by atoms with van der Waals surface area (Å²) in [4.78, 5) is 43.8. The summed E-state index contributed by atoms with van der Waals surface area (Å²) in [7, 11) is 0. The molecule has 2 fully saturated rings. The highest BCUT2D eigenvalue weighted by molar-refractivity contribution is 6.06. The number of pyridine rings is 1. The number of carbonyl (C=O) groups is 3. The molecule has 5 rings (SSSR count). The average Bonchev–Trinajstić information content (AvgIpc) is 3.52. The van der Waals surface area contributed by atoms with Gasteiger partial charge in [-0.2, -0.15) is 0 Å². The molecule has 43 heavy (non-hydrogen) atoms. The molecular weight excluding hydrogens is 544 g/mol. The van der Waals surface area contributed by atoms with E-state index in [2.05, 4.69) is 18.0 Å². The molecule has 0 unspecified atom stereocenters. The number of benzene rings is 1. The van der Waals surface area contributed by atoms with Gasteiger partial charge < -0.3 is 14.9 Å². The number of hydrogen-bond donors (Lipinski definition) is 2. The Morgan fingerprint density at radius 1 is 1.07 bits per heavy atom. The lowest BCUT2D eigenvalue weighted by atomic mass is 9.69. The number of ether oxygens (including phenoxy) is 1. The Morgan fingerprint density at radius 3 is 2.51 bits per heavy atom. The minimum atomic E-state index is -0.825. The molecule has 2 aliphatic heterocycles. The van der Waals surface area contributed by atoms with Gasteiger partial charge in [0, 0.05) is 25.1 Å². The van der Waals surface area contributed by atoms with Gasteiger partial charge in [0.1, 0.15) is 5.75 Å². The van der Waals surface area contributed by atoms with E-state index in [1.165, 1.54) is 16.0 Å². The van der Waals surface area contributed by atoms with Crippen LogP contribution in [0.5, 0.6) is 5.75 Å². The smallest absolute Gasteiger partial charge is 0.303 e. The Morgan fingerprint density at radius 2 is 1.84 bits per heavy atom. The largest absolute Gasteiger partial charge is 0.507 e. The van der Waals surface area contributed by atoms with Crippen molar-refractivity contribution in [1.29, 1.82) is 0 Å². The number of hydrogen-bond acceptors (Lipinski definition) is 6. The first-order valence-corrected chi connectivity index (χ1v) is 15.5. The van der Waals surface area contributed by atoms with Crippen molar-refractivity contribution in [3.8, 4) is 5.75 Å². The van der Waals surface area contributed by atoms with Gasteiger partial charge in [0.05, 0.1) is 30.2 Å². The van der Waals surface area contributed by atoms with Crippen molar-refractivity contribution in [3.05, 3.63) is 70.1 Å². The summed E-state index contributed by atoms with van der Waals surface area (Å²) >= 11 is 0. The highest BCUT2D eigenvalue weighted by Crippen LogP contribution is 2.50. The average molecular weight is 587 g/mol. The van der Waals surface area contributed by atoms with Crippen LogP contribution in [-0.4, -0.2) is 57.1 Å². The van der Waals surface area contributed by atoms with Crippen LogP contribution in [0.2, 0.25) is 0 Å². The van der Waals surface area contributed by atoms with E-state index in [1.54, 1.807) is 6.20 Å². The molecule has 2 aromatic rings. The van der Waals surface area contributed by atoms with Crippen molar-refractivity contribution in [3.63, 3.8) is 0 Å². The second-order valence-electron chi connectivity index (χ2n) is 12.1. The quantitative estimate of drug-likeness (QED) is 0.175. The molecule has 2 amide bonds. The van der Waals surface area contributed by atoms with E-state index in [4.69, 9.17) is 9.84 Å². The number of phenolic OH excluding ortho intramolecular Hbond substituents is 1. The zero-order valence-corrected chi connectivity index (χ0v) is 25.3. The van der Waals surface area contributed by atoms with Crippen LogP contribution in [-0.2, 0) is 19.1 Å². The molecule has 228 valence electrons. The first-order chi connectivity index (χ1) is 20.7. The molecule has 8 heteroatoms. The molecule has 0 radical (unpaired) electrons. The van der Waals surface area contributed by atoms with Gasteiger partial charge in [-0.3, -0.25) is 24.3 Å². The predicted octanol–water partition coefficient (Wildman–Crippen LogP) is 6.10. The van der Waals surface area contributed by atoms with E-state index in [0.717, 1.165) is 47.2 Å². The van der Waals surface area contributed by atoms with Crippen LogP contribution in [0.1, 0.15) is 80.7 Å². The van der Waals surface area contributed by atoms with Crippen LogP contribution < -0.4 is 0 Å². The number of allylic oxidation sites excluding steroid dienone is 2. The van der Waals surface area contributed by atoms with Gasteiger partial charge in [0.25, 0.3) is 0 Å². The number of carboxylic acids is 1. The number of carboxylic acid groups (broad SMARTS) is 1. The molecule has 8 nitrogen and oxygen atoms in total. The predicted molar refractivity (Wildman–Crippen MR) is 164 cm³/mol. The normalized spacial score (nSPS) is 23.6. The van der Waals surface area contributed by atoms with Gasteiger partial charge in [-0.05, 0) is 111 Å². The van der Waals surface area contributed by atoms with Crippen molar-refractivity contribution < 1.29 is 29.3 Å². The maximum atomic E-state index is 13.6. The summed E-state index contributed by atoms with van der Waals surface area (Å²) in [5, 5.41) is 19.1. The molecular formula is C35H42N2O6. The van der Waals surface area contributed by atoms with Crippen LogP contribution in [0.15, 0.2) is 47.7 Å². The summed E-state index contributed by atoms with van der Waals surface area (Å²) in [5.74, 6) is -1.49. The van der Waals surface area contributed by atoms with E-state index < -0.39 is 5.97 Å². The van der Waals surface area contributed by atoms with Crippen LogP contribution in [0.3, 0.4) is 0 Å².